The van der Waals surface area contributed by atoms with Crippen molar-refractivity contribution >= 4 is 58.0 Å². The van der Waals surface area contributed by atoms with Crippen LogP contribution in [-0.2, 0) is 26.9 Å². The third-order valence-electron chi connectivity index (χ3n) is 10.1. The summed E-state index contributed by atoms with van der Waals surface area (Å²) in [6.45, 7) is -0.0540. The number of benzene rings is 3. The fourth-order valence-electron chi connectivity index (χ4n) is 7.92. The number of nitro benzene ring substituents is 1. The molecule has 0 radical (unpaired) electrons. The number of carbonyl (C=O) groups is 3. The molecule has 1 N–H and O–H groups in total. The molecule has 16 heteroatoms. The van der Waals surface area contributed by atoms with Crippen molar-refractivity contribution in [2.24, 2.45) is 11.8 Å². The number of nitro groups is 1. The number of rotatable bonds is 6. The van der Waals surface area contributed by atoms with Crippen LogP contribution in [0.5, 0.6) is 0 Å². The molecule has 2 saturated heterocycles. The van der Waals surface area contributed by atoms with Crippen molar-refractivity contribution in [3.63, 3.8) is 0 Å². The number of nitrogens with one attached hydrogen (secondary N) is 1. The number of hydrogen-bond acceptors (Lipinski definition) is 7. The topological polar surface area (TPSA) is 122 Å². The average Bonchev–Trinajstić information content (AvgIpc) is 3.76. The van der Waals surface area contributed by atoms with Crippen molar-refractivity contribution in [2.45, 2.75) is 42.9 Å². The molecular formula is C33H26Cl2F4N4O6. The van der Waals surface area contributed by atoms with Gasteiger partial charge in [-0.3, -0.25) is 24.6 Å². The minimum absolute atomic E-state index is 0.0428. The van der Waals surface area contributed by atoms with E-state index in [-0.39, 0.29) is 29.5 Å². The van der Waals surface area contributed by atoms with E-state index in [1.807, 2.05) is 4.90 Å². The summed E-state index contributed by atoms with van der Waals surface area (Å²) in [5, 5.41) is 15.4. The highest BCUT2D eigenvalue weighted by Gasteiger charge is 2.69. The molecule has 4 atom stereocenters. The Morgan fingerprint density at radius 1 is 1.14 bits per heavy atom. The number of anilines is 2. The average molecular weight is 721 g/mol. The van der Waals surface area contributed by atoms with Crippen LogP contribution in [0, 0.1) is 27.8 Å². The van der Waals surface area contributed by atoms with Crippen LogP contribution in [0.2, 0.25) is 10.0 Å². The SMILES string of the molecule is COC(=O)c1ccc(N2C[C@H]3[C@@H](C2=O)[C@H](c2cccc(Cl)c2F)[C@@]2(Cc4ccc(Cl)cc4NC2=O)N3CC2CC2)c([N+](=O)[O-])c1C(F)(F)F. The second-order valence-electron chi connectivity index (χ2n) is 12.7. The number of fused-ring (bicyclic) bond motifs is 2. The standard InChI is InChI=1S/C33H26Cl2F4N4O6/c1-49-30(45)19-9-10-22(28(43(47)48)26(19)33(37,38)39)41-14-23-24(29(41)44)25(18-3-2-4-20(35)27(18)36)32(42(23)13-15-5-6-15)12-16-7-8-17(34)11-21(16)40-31(32)46/h2-4,7-11,15,23-25H,5-6,12-14H2,1H3,(H,40,46)/t23-,24+,25-,32+/m0/s1. The highest BCUT2D eigenvalue weighted by Crippen LogP contribution is 2.59. The zero-order valence-electron chi connectivity index (χ0n) is 25.5. The number of esters is 1. The molecule has 0 unspecified atom stereocenters. The lowest BCUT2D eigenvalue weighted by atomic mass is 9.69. The van der Waals surface area contributed by atoms with Gasteiger partial charge in [-0.2, -0.15) is 13.2 Å². The van der Waals surface area contributed by atoms with E-state index in [1.54, 1.807) is 18.2 Å². The van der Waals surface area contributed by atoms with Gasteiger partial charge in [-0.1, -0.05) is 41.4 Å². The Kier molecular flexibility index (Phi) is 7.91. The van der Waals surface area contributed by atoms with Crippen LogP contribution in [0.15, 0.2) is 48.5 Å². The van der Waals surface area contributed by atoms with Gasteiger partial charge in [0.15, 0.2) is 0 Å². The fourth-order valence-corrected chi connectivity index (χ4v) is 8.28. The number of likely N-dealkylation sites (tertiary alicyclic amines) is 1. The minimum atomic E-state index is -5.38. The number of hydrogen-bond donors (Lipinski definition) is 1. The van der Waals surface area contributed by atoms with E-state index < -0.39 is 80.6 Å². The highest BCUT2D eigenvalue weighted by atomic mass is 35.5. The third kappa shape index (κ3) is 5.14. The highest BCUT2D eigenvalue weighted by molar-refractivity contribution is 6.31. The summed E-state index contributed by atoms with van der Waals surface area (Å²) in [6.07, 6.45) is -3.70. The predicted molar refractivity (Wildman–Crippen MR) is 169 cm³/mol. The van der Waals surface area contributed by atoms with Gasteiger partial charge in [0.2, 0.25) is 11.8 Å². The molecule has 0 bridgehead atoms. The van der Waals surface area contributed by atoms with E-state index in [4.69, 9.17) is 23.2 Å². The number of alkyl halides is 3. The molecule has 49 heavy (non-hydrogen) atoms. The van der Waals surface area contributed by atoms with Gasteiger partial charge < -0.3 is 15.0 Å². The van der Waals surface area contributed by atoms with E-state index >= 15 is 4.39 Å². The lowest BCUT2D eigenvalue weighted by Crippen LogP contribution is -2.62. The molecule has 10 nitrogen and oxygen atoms in total. The summed E-state index contributed by atoms with van der Waals surface area (Å²) in [7, 11) is 0.835. The minimum Gasteiger partial charge on any atom is -0.465 e. The van der Waals surface area contributed by atoms with Gasteiger partial charge in [-0.05, 0) is 60.2 Å². The van der Waals surface area contributed by atoms with Crippen molar-refractivity contribution in [1.29, 1.82) is 0 Å². The van der Waals surface area contributed by atoms with Gasteiger partial charge in [0, 0.05) is 42.2 Å². The molecule has 3 aliphatic heterocycles. The van der Waals surface area contributed by atoms with Crippen LogP contribution < -0.4 is 10.2 Å². The Labute approximate surface area is 286 Å². The first-order valence-electron chi connectivity index (χ1n) is 15.3. The Hall–Kier alpha value is -4.27. The van der Waals surface area contributed by atoms with Crippen molar-refractivity contribution in [2.75, 3.05) is 30.4 Å². The number of halogens is 6. The number of methoxy groups -OCH3 is 1. The molecule has 256 valence electrons. The predicted octanol–water partition coefficient (Wildman–Crippen LogP) is 6.62. The monoisotopic (exact) mass is 720 g/mol. The molecule has 1 saturated carbocycles. The van der Waals surface area contributed by atoms with E-state index in [0.29, 0.717) is 22.8 Å². The van der Waals surface area contributed by atoms with Crippen molar-refractivity contribution < 1.29 is 41.6 Å². The quantitative estimate of drug-likeness (QED) is 0.131. The zero-order valence-corrected chi connectivity index (χ0v) is 27.0. The maximum atomic E-state index is 16.1. The first kappa shape index (κ1) is 33.2. The third-order valence-corrected chi connectivity index (χ3v) is 10.6. The van der Waals surface area contributed by atoms with E-state index in [0.717, 1.165) is 37.0 Å². The summed E-state index contributed by atoms with van der Waals surface area (Å²) in [4.78, 5) is 55.2. The largest absolute Gasteiger partial charge is 0.465 e. The lowest BCUT2D eigenvalue weighted by Gasteiger charge is -2.46. The van der Waals surface area contributed by atoms with E-state index in [1.165, 1.54) is 18.2 Å². The maximum Gasteiger partial charge on any atom is 0.423 e. The van der Waals surface area contributed by atoms with Gasteiger partial charge in [-0.15, -0.1) is 0 Å². The second-order valence-corrected chi connectivity index (χ2v) is 13.6. The molecule has 7 rings (SSSR count). The molecule has 3 aromatic rings. The fraction of sp³-hybridized carbons (Fsp3) is 0.364. The van der Waals surface area contributed by atoms with Gasteiger partial charge in [-0.25, -0.2) is 9.18 Å². The summed E-state index contributed by atoms with van der Waals surface area (Å²) in [6, 6.07) is 9.91. The lowest BCUT2D eigenvalue weighted by molar-refractivity contribution is -0.387. The van der Waals surface area contributed by atoms with Crippen molar-refractivity contribution in [3.05, 3.63) is 96.8 Å². The first-order chi connectivity index (χ1) is 23.2. The Morgan fingerprint density at radius 2 is 1.88 bits per heavy atom. The van der Waals surface area contributed by atoms with Crippen LogP contribution in [0.3, 0.4) is 0 Å². The number of ether oxygens (including phenoxy) is 1. The molecule has 1 spiro atoms. The number of amides is 2. The summed E-state index contributed by atoms with van der Waals surface area (Å²) in [5.41, 5.74) is -5.63. The molecule has 0 aromatic heterocycles. The maximum absolute atomic E-state index is 16.1. The van der Waals surface area contributed by atoms with Gasteiger partial charge in [0.05, 0.1) is 28.5 Å². The van der Waals surface area contributed by atoms with Gasteiger partial charge in [0.25, 0.3) is 0 Å². The van der Waals surface area contributed by atoms with Crippen LogP contribution in [-0.4, -0.2) is 59.4 Å². The van der Waals surface area contributed by atoms with Crippen LogP contribution in [0.1, 0.15) is 45.8 Å². The van der Waals surface area contributed by atoms with E-state index in [2.05, 4.69) is 10.1 Å². The van der Waals surface area contributed by atoms with E-state index in [9.17, 15) is 37.7 Å². The summed E-state index contributed by atoms with van der Waals surface area (Å²) >= 11 is 12.4. The molecular weight excluding hydrogens is 695 g/mol. The van der Waals surface area contributed by atoms with Crippen LogP contribution in [0.25, 0.3) is 0 Å². The molecule has 2 amide bonds. The normalized spacial score (nSPS) is 25.0. The van der Waals surface area contributed by atoms with Gasteiger partial charge >= 0.3 is 17.8 Å². The smallest absolute Gasteiger partial charge is 0.423 e. The van der Waals surface area contributed by atoms with Crippen molar-refractivity contribution in [1.82, 2.24) is 4.90 Å². The van der Waals surface area contributed by atoms with Gasteiger partial charge in [0.1, 0.15) is 22.6 Å². The van der Waals surface area contributed by atoms with Crippen molar-refractivity contribution in [3.8, 4) is 0 Å². The second kappa shape index (κ2) is 11.7. The number of nitrogens with zero attached hydrogens (tertiary/aromatic N) is 3. The molecule has 3 aromatic carbocycles. The summed E-state index contributed by atoms with van der Waals surface area (Å²) in [5.74, 6) is -6.01. The molecule has 3 heterocycles. The molecule has 4 aliphatic rings. The molecule has 3 fully saturated rings. The Balaban J connectivity index is 1.43. The van der Waals surface area contributed by atoms with Crippen LogP contribution in [0.4, 0.5) is 34.6 Å². The Morgan fingerprint density at radius 3 is 2.53 bits per heavy atom. The summed E-state index contributed by atoms with van der Waals surface area (Å²) < 4.78 is 63.9. The number of carbonyl (C=O) groups excluding carboxylic acids is 3. The Bertz CT molecular complexity index is 1960. The molecule has 1 aliphatic carbocycles. The van der Waals surface area contributed by atoms with Crippen LogP contribution >= 0.6 is 23.2 Å². The zero-order chi connectivity index (χ0) is 35.2. The first-order valence-corrected chi connectivity index (χ1v) is 16.0.